The van der Waals surface area contributed by atoms with Crippen molar-refractivity contribution >= 4 is 28.0 Å². The Hall–Kier alpha value is -2.54. The van der Waals surface area contributed by atoms with Crippen molar-refractivity contribution in [1.82, 2.24) is 14.1 Å². The van der Waals surface area contributed by atoms with Crippen LogP contribution in [0.1, 0.15) is 31.3 Å². The van der Waals surface area contributed by atoms with E-state index in [9.17, 15) is 14.4 Å². The van der Waals surface area contributed by atoms with E-state index in [1.165, 1.54) is 15.9 Å². The zero-order chi connectivity index (χ0) is 18.8. The van der Waals surface area contributed by atoms with Gasteiger partial charge in [0, 0.05) is 18.6 Å². The Labute approximate surface area is 154 Å². The maximum absolute atomic E-state index is 13.0. The molecule has 26 heavy (non-hydrogen) atoms. The number of thiazole rings is 1. The summed E-state index contributed by atoms with van der Waals surface area (Å²) in [6, 6.07) is 6.16. The minimum Gasteiger partial charge on any atom is -0.297 e. The van der Waals surface area contributed by atoms with Gasteiger partial charge in [-0.05, 0) is 24.5 Å². The van der Waals surface area contributed by atoms with Crippen molar-refractivity contribution in [2.75, 3.05) is 0 Å². The predicted octanol–water partition coefficient (Wildman–Crippen LogP) is 2.56. The highest BCUT2D eigenvalue weighted by Crippen LogP contribution is 2.20. The predicted molar refractivity (Wildman–Crippen MR) is 103 cm³/mol. The van der Waals surface area contributed by atoms with E-state index in [1.54, 1.807) is 42.9 Å². The van der Waals surface area contributed by atoms with Crippen LogP contribution in [0.2, 0.25) is 0 Å². The molecule has 7 heteroatoms. The summed E-state index contributed by atoms with van der Waals surface area (Å²) in [5.74, 6) is -0.00791. The Morgan fingerprint density at radius 2 is 1.96 bits per heavy atom. The molecule has 0 saturated carbocycles. The number of hydrogen-bond donors (Lipinski definition) is 0. The SMILES string of the molecule is CC(C)CC(C(=O)Cc1nccs1)n1c(=O)c2ccccc2n(C)c1=O. The van der Waals surface area contributed by atoms with Crippen molar-refractivity contribution in [3.8, 4) is 0 Å². The van der Waals surface area contributed by atoms with Crippen LogP contribution in [0, 0.1) is 5.92 Å². The number of para-hydroxylation sites is 1. The van der Waals surface area contributed by atoms with Gasteiger partial charge in [0.25, 0.3) is 5.56 Å². The van der Waals surface area contributed by atoms with Gasteiger partial charge in [0.05, 0.1) is 22.3 Å². The van der Waals surface area contributed by atoms with Crippen molar-refractivity contribution in [1.29, 1.82) is 0 Å². The van der Waals surface area contributed by atoms with E-state index in [1.807, 2.05) is 13.8 Å². The number of rotatable bonds is 6. The lowest BCUT2D eigenvalue weighted by Gasteiger charge is -2.21. The fraction of sp³-hybridized carbons (Fsp3) is 0.368. The molecule has 0 aliphatic carbocycles. The molecule has 0 spiro atoms. The zero-order valence-corrected chi connectivity index (χ0v) is 15.8. The van der Waals surface area contributed by atoms with Crippen molar-refractivity contribution in [2.45, 2.75) is 32.7 Å². The second-order valence-corrected chi connectivity index (χ2v) is 7.73. The smallest absolute Gasteiger partial charge is 0.297 e. The number of benzene rings is 1. The summed E-state index contributed by atoms with van der Waals surface area (Å²) < 4.78 is 2.55. The van der Waals surface area contributed by atoms with Gasteiger partial charge < -0.3 is 0 Å². The van der Waals surface area contributed by atoms with Crippen LogP contribution < -0.4 is 11.2 Å². The molecule has 0 radical (unpaired) electrons. The fourth-order valence-electron chi connectivity index (χ4n) is 3.14. The summed E-state index contributed by atoms with van der Waals surface area (Å²) in [6.45, 7) is 3.94. The number of Topliss-reactive ketones (excluding diaryl/α,β-unsaturated/α-hetero) is 1. The van der Waals surface area contributed by atoms with Crippen LogP contribution in [-0.4, -0.2) is 19.9 Å². The summed E-state index contributed by atoms with van der Waals surface area (Å²) in [5.41, 5.74) is -0.317. The quantitative estimate of drug-likeness (QED) is 0.667. The van der Waals surface area contributed by atoms with Gasteiger partial charge in [0.15, 0.2) is 5.78 Å². The maximum Gasteiger partial charge on any atom is 0.331 e. The third-order valence-electron chi connectivity index (χ3n) is 4.39. The third kappa shape index (κ3) is 3.39. The molecule has 3 rings (SSSR count). The average Bonchev–Trinajstić information content (AvgIpc) is 3.11. The van der Waals surface area contributed by atoms with Gasteiger partial charge in [-0.3, -0.25) is 14.2 Å². The minimum atomic E-state index is -0.797. The van der Waals surface area contributed by atoms with E-state index in [4.69, 9.17) is 0 Å². The van der Waals surface area contributed by atoms with Crippen molar-refractivity contribution in [3.63, 3.8) is 0 Å². The van der Waals surface area contributed by atoms with Crippen LogP contribution in [0.15, 0.2) is 45.4 Å². The molecule has 0 saturated heterocycles. The molecular formula is C19H21N3O3S. The first kappa shape index (κ1) is 18.3. The molecule has 2 aromatic heterocycles. The molecule has 0 bridgehead atoms. The van der Waals surface area contributed by atoms with Gasteiger partial charge >= 0.3 is 5.69 Å². The van der Waals surface area contributed by atoms with E-state index in [-0.39, 0.29) is 18.1 Å². The molecule has 6 nitrogen and oxygen atoms in total. The van der Waals surface area contributed by atoms with Gasteiger partial charge in [-0.15, -0.1) is 11.3 Å². The lowest BCUT2D eigenvalue weighted by atomic mass is 9.98. The van der Waals surface area contributed by atoms with E-state index in [0.717, 1.165) is 4.57 Å². The number of aromatic nitrogens is 3. The Morgan fingerprint density at radius 1 is 1.23 bits per heavy atom. The van der Waals surface area contributed by atoms with Gasteiger partial charge in [-0.25, -0.2) is 14.3 Å². The van der Waals surface area contributed by atoms with Crippen molar-refractivity contribution < 1.29 is 4.79 Å². The molecule has 136 valence electrons. The fourth-order valence-corrected chi connectivity index (χ4v) is 3.76. The Bertz CT molecular complexity index is 1050. The summed E-state index contributed by atoms with van der Waals surface area (Å²) in [7, 11) is 1.62. The second kappa shape index (κ2) is 7.37. The number of carbonyl (C=O) groups excluding carboxylic acids is 1. The van der Waals surface area contributed by atoms with Crippen LogP contribution in [0.5, 0.6) is 0 Å². The monoisotopic (exact) mass is 371 g/mol. The number of hydrogen-bond acceptors (Lipinski definition) is 5. The molecule has 0 amide bonds. The Morgan fingerprint density at radius 3 is 2.62 bits per heavy atom. The summed E-state index contributed by atoms with van der Waals surface area (Å²) in [4.78, 5) is 43.0. The normalized spacial score (nSPS) is 12.6. The molecule has 0 N–H and O–H groups in total. The molecule has 1 unspecified atom stereocenters. The molecule has 0 fully saturated rings. The standard InChI is InChI=1S/C19H21N3O3S/c1-12(2)10-15(16(23)11-17-20-8-9-26-17)22-18(24)13-6-4-5-7-14(13)21(3)19(22)25/h4-9,12,15H,10-11H2,1-3H3. The van der Waals surface area contributed by atoms with Gasteiger partial charge in [0.1, 0.15) is 6.04 Å². The van der Waals surface area contributed by atoms with Crippen LogP contribution in [-0.2, 0) is 18.3 Å². The van der Waals surface area contributed by atoms with E-state index in [2.05, 4.69) is 4.98 Å². The van der Waals surface area contributed by atoms with Crippen molar-refractivity contribution in [2.24, 2.45) is 13.0 Å². The molecule has 1 atom stereocenters. The van der Waals surface area contributed by atoms with Gasteiger partial charge in [0.2, 0.25) is 0 Å². The first-order chi connectivity index (χ1) is 12.4. The molecule has 0 aliphatic rings. The molecule has 3 aromatic rings. The van der Waals surface area contributed by atoms with E-state index in [0.29, 0.717) is 22.3 Å². The average molecular weight is 371 g/mol. The van der Waals surface area contributed by atoms with Gasteiger partial charge in [-0.1, -0.05) is 26.0 Å². The highest BCUT2D eigenvalue weighted by molar-refractivity contribution is 7.09. The van der Waals surface area contributed by atoms with Crippen LogP contribution in [0.4, 0.5) is 0 Å². The zero-order valence-electron chi connectivity index (χ0n) is 15.0. The third-order valence-corrected chi connectivity index (χ3v) is 5.17. The maximum atomic E-state index is 13.0. The number of aryl methyl sites for hydroxylation is 1. The summed E-state index contributed by atoms with van der Waals surface area (Å²) >= 11 is 1.39. The highest BCUT2D eigenvalue weighted by atomic mass is 32.1. The number of carbonyl (C=O) groups is 1. The molecule has 0 aliphatic heterocycles. The summed E-state index contributed by atoms with van der Waals surface area (Å²) in [5, 5.41) is 2.93. The lowest BCUT2D eigenvalue weighted by molar-refractivity contribution is -0.122. The van der Waals surface area contributed by atoms with E-state index >= 15 is 0 Å². The Kier molecular flexibility index (Phi) is 5.18. The second-order valence-electron chi connectivity index (χ2n) is 6.75. The van der Waals surface area contributed by atoms with Crippen molar-refractivity contribution in [3.05, 3.63) is 61.7 Å². The van der Waals surface area contributed by atoms with Crippen LogP contribution >= 0.6 is 11.3 Å². The topological polar surface area (TPSA) is 74.0 Å². The molecule has 1 aromatic carbocycles. The van der Waals surface area contributed by atoms with Gasteiger partial charge in [-0.2, -0.15) is 0 Å². The highest BCUT2D eigenvalue weighted by Gasteiger charge is 2.27. The number of fused-ring (bicyclic) bond motifs is 1. The minimum absolute atomic E-state index is 0.122. The molecular weight excluding hydrogens is 350 g/mol. The van der Waals surface area contributed by atoms with E-state index < -0.39 is 17.3 Å². The van der Waals surface area contributed by atoms with Crippen LogP contribution in [0.25, 0.3) is 10.9 Å². The van der Waals surface area contributed by atoms with Crippen LogP contribution in [0.3, 0.4) is 0 Å². The first-order valence-electron chi connectivity index (χ1n) is 8.51. The number of nitrogens with zero attached hydrogens (tertiary/aromatic N) is 3. The lowest BCUT2D eigenvalue weighted by Crippen LogP contribution is -2.44. The molecule has 2 heterocycles. The first-order valence-corrected chi connectivity index (χ1v) is 9.39. The summed E-state index contributed by atoms with van der Waals surface area (Å²) in [6.07, 6.45) is 2.20. The number of ketones is 1. The largest absolute Gasteiger partial charge is 0.331 e. The Balaban J connectivity index is 2.16.